The van der Waals surface area contributed by atoms with Crippen LogP contribution in [0.4, 0.5) is 0 Å². The summed E-state index contributed by atoms with van der Waals surface area (Å²) in [6, 6.07) is 0.832. The maximum absolute atomic E-state index is 4.62. The highest BCUT2D eigenvalue weighted by molar-refractivity contribution is 9.10. The smallest absolute Gasteiger partial charge is 0.0934 e. The van der Waals surface area contributed by atoms with Crippen LogP contribution in [0.25, 0.3) is 0 Å². The summed E-state index contributed by atoms with van der Waals surface area (Å²) in [5.41, 5.74) is 2.36. The van der Waals surface area contributed by atoms with E-state index >= 15 is 0 Å². The molecule has 0 spiro atoms. The standard InChI is InChI=1S/C13H20BrN3/c1-9-13(14)10(2)17(15-9)8-16(12-5-6-12)7-11-3-4-11/h11-12H,3-8H2,1-2H3. The Kier molecular flexibility index (Phi) is 3.03. The summed E-state index contributed by atoms with van der Waals surface area (Å²) in [6.07, 6.45) is 5.63. The van der Waals surface area contributed by atoms with Crippen LogP contribution in [0.2, 0.25) is 0 Å². The fourth-order valence-corrected chi connectivity index (χ4v) is 2.66. The highest BCUT2D eigenvalue weighted by atomic mass is 79.9. The maximum atomic E-state index is 4.62. The van der Waals surface area contributed by atoms with Crippen molar-refractivity contribution in [3.05, 3.63) is 15.9 Å². The molecule has 1 aromatic rings. The molecule has 2 saturated carbocycles. The molecule has 1 heterocycles. The molecule has 2 fully saturated rings. The molecule has 0 saturated heterocycles. The number of nitrogens with zero attached hydrogens (tertiary/aromatic N) is 3. The van der Waals surface area contributed by atoms with E-state index in [0.717, 1.165) is 24.3 Å². The van der Waals surface area contributed by atoms with Crippen molar-refractivity contribution in [3.8, 4) is 0 Å². The molecule has 2 aliphatic carbocycles. The molecule has 0 radical (unpaired) electrons. The van der Waals surface area contributed by atoms with Crippen LogP contribution >= 0.6 is 15.9 Å². The SMILES string of the molecule is Cc1nn(CN(CC2CC2)C2CC2)c(C)c1Br. The molecule has 0 N–H and O–H groups in total. The summed E-state index contributed by atoms with van der Waals surface area (Å²) >= 11 is 3.60. The van der Waals surface area contributed by atoms with Crippen molar-refractivity contribution in [2.75, 3.05) is 6.54 Å². The molecule has 4 heteroatoms. The van der Waals surface area contributed by atoms with E-state index < -0.39 is 0 Å². The van der Waals surface area contributed by atoms with Crippen molar-refractivity contribution in [3.63, 3.8) is 0 Å². The zero-order chi connectivity index (χ0) is 12.0. The van der Waals surface area contributed by atoms with Gasteiger partial charge in [-0.1, -0.05) is 0 Å². The monoisotopic (exact) mass is 297 g/mol. The Hall–Kier alpha value is -0.350. The van der Waals surface area contributed by atoms with Crippen LogP contribution < -0.4 is 0 Å². The van der Waals surface area contributed by atoms with Crippen LogP contribution in [0.3, 0.4) is 0 Å². The summed E-state index contributed by atoms with van der Waals surface area (Å²) in [5, 5.41) is 4.62. The lowest BCUT2D eigenvalue weighted by molar-refractivity contribution is 0.187. The van der Waals surface area contributed by atoms with Crippen molar-refractivity contribution in [1.82, 2.24) is 14.7 Å². The number of aryl methyl sites for hydroxylation is 1. The largest absolute Gasteiger partial charge is 0.281 e. The second-order valence-corrected chi connectivity index (χ2v) is 6.36. The van der Waals surface area contributed by atoms with Crippen LogP contribution in [0, 0.1) is 19.8 Å². The first-order valence-corrected chi connectivity index (χ1v) is 7.38. The van der Waals surface area contributed by atoms with Gasteiger partial charge in [-0.3, -0.25) is 9.58 Å². The Labute approximate surface area is 111 Å². The lowest BCUT2D eigenvalue weighted by atomic mass is 10.3. The van der Waals surface area contributed by atoms with E-state index in [1.54, 1.807) is 0 Å². The normalized spacial score (nSPS) is 20.2. The minimum absolute atomic E-state index is 0.832. The van der Waals surface area contributed by atoms with Crippen LogP contribution in [-0.2, 0) is 6.67 Å². The third-order valence-corrected chi connectivity index (χ3v) is 5.01. The van der Waals surface area contributed by atoms with E-state index in [4.69, 9.17) is 0 Å². The van der Waals surface area contributed by atoms with Crippen molar-refractivity contribution in [2.24, 2.45) is 5.92 Å². The van der Waals surface area contributed by atoms with Gasteiger partial charge in [0.1, 0.15) is 0 Å². The third-order valence-electron chi connectivity index (χ3n) is 3.86. The number of rotatable bonds is 5. The van der Waals surface area contributed by atoms with Gasteiger partial charge < -0.3 is 0 Å². The molecule has 3 rings (SSSR count). The molecule has 0 aliphatic heterocycles. The van der Waals surface area contributed by atoms with Crippen molar-refractivity contribution in [2.45, 2.75) is 52.2 Å². The van der Waals surface area contributed by atoms with Crippen molar-refractivity contribution in [1.29, 1.82) is 0 Å². The lowest BCUT2D eigenvalue weighted by Crippen LogP contribution is -2.31. The van der Waals surface area contributed by atoms with E-state index in [1.165, 1.54) is 42.4 Å². The minimum atomic E-state index is 0.832. The van der Waals surface area contributed by atoms with E-state index in [9.17, 15) is 0 Å². The number of halogens is 1. The number of hydrogen-bond acceptors (Lipinski definition) is 2. The van der Waals surface area contributed by atoms with Gasteiger partial charge in [0, 0.05) is 12.6 Å². The van der Waals surface area contributed by atoms with E-state index in [-0.39, 0.29) is 0 Å². The van der Waals surface area contributed by atoms with Crippen molar-refractivity contribution >= 4 is 15.9 Å². The third kappa shape index (κ3) is 2.58. The Balaban J connectivity index is 1.71. The Morgan fingerprint density at radius 3 is 2.47 bits per heavy atom. The zero-order valence-electron chi connectivity index (χ0n) is 10.6. The van der Waals surface area contributed by atoms with Gasteiger partial charge >= 0.3 is 0 Å². The second kappa shape index (κ2) is 4.39. The molecular formula is C13H20BrN3. The first-order valence-electron chi connectivity index (χ1n) is 6.58. The fourth-order valence-electron chi connectivity index (χ4n) is 2.38. The average Bonchev–Trinajstić information content (AvgIpc) is 3.14. The maximum Gasteiger partial charge on any atom is 0.0934 e. The molecular weight excluding hydrogens is 278 g/mol. The molecule has 1 aromatic heterocycles. The molecule has 2 aliphatic rings. The Bertz CT molecular complexity index is 419. The molecule has 3 nitrogen and oxygen atoms in total. The summed E-state index contributed by atoms with van der Waals surface area (Å²) < 4.78 is 3.32. The lowest BCUT2D eigenvalue weighted by Gasteiger charge is -2.22. The van der Waals surface area contributed by atoms with Crippen LogP contribution in [0.1, 0.15) is 37.1 Å². The van der Waals surface area contributed by atoms with Gasteiger partial charge in [0.15, 0.2) is 0 Å². The van der Waals surface area contributed by atoms with Crippen LogP contribution in [0.5, 0.6) is 0 Å². The van der Waals surface area contributed by atoms with Gasteiger partial charge in [0.25, 0.3) is 0 Å². The number of hydrogen-bond donors (Lipinski definition) is 0. The van der Waals surface area contributed by atoms with E-state index in [1.807, 2.05) is 0 Å². The summed E-state index contributed by atoms with van der Waals surface area (Å²) in [4.78, 5) is 2.63. The van der Waals surface area contributed by atoms with Gasteiger partial charge in [0.05, 0.1) is 22.5 Å². The van der Waals surface area contributed by atoms with Gasteiger partial charge in [-0.2, -0.15) is 5.10 Å². The van der Waals surface area contributed by atoms with Gasteiger partial charge in [-0.25, -0.2) is 0 Å². The molecule has 0 aromatic carbocycles. The van der Waals surface area contributed by atoms with Crippen LogP contribution in [-0.4, -0.2) is 27.3 Å². The highest BCUT2D eigenvalue weighted by Crippen LogP contribution is 2.35. The van der Waals surface area contributed by atoms with Gasteiger partial charge in [-0.05, 0) is 61.4 Å². The Morgan fingerprint density at radius 2 is 2.00 bits per heavy atom. The average molecular weight is 298 g/mol. The second-order valence-electron chi connectivity index (χ2n) is 5.57. The Morgan fingerprint density at radius 1 is 1.29 bits per heavy atom. The number of aromatic nitrogens is 2. The highest BCUT2D eigenvalue weighted by Gasteiger charge is 2.34. The summed E-state index contributed by atoms with van der Waals surface area (Å²) in [5.74, 6) is 0.969. The van der Waals surface area contributed by atoms with E-state index in [2.05, 4.69) is 44.5 Å². The molecule has 0 amide bonds. The topological polar surface area (TPSA) is 21.1 Å². The van der Waals surface area contributed by atoms with Gasteiger partial charge in [0.2, 0.25) is 0 Å². The predicted octanol–water partition coefficient (Wildman–Crippen LogP) is 3.09. The van der Waals surface area contributed by atoms with Crippen molar-refractivity contribution < 1.29 is 0 Å². The molecule has 94 valence electrons. The quantitative estimate of drug-likeness (QED) is 0.833. The first-order chi connectivity index (χ1) is 8.15. The first kappa shape index (κ1) is 11.7. The fraction of sp³-hybridized carbons (Fsp3) is 0.769. The van der Waals surface area contributed by atoms with Crippen LogP contribution in [0.15, 0.2) is 4.47 Å². The molecule has 0 atom stereocenters. The van der Waals surface area contributed by atoms with Gasteiger partial charge in [-0.15, -0.1) is 0 Å². The molecule has 0 bridgehead atoms. The predicted molar refractivity (Wildman–Crippen MR) is 71.9 cm³/mol. The molecule has 17 heavy (non-hydrogen) atoms. The molecule has 0 unspecified atom stereocenters. The minimum Gasteiger partial charge on any atom is -0.281 e. The van der Waals surface area contributed by atoms with E-state index in [0.29, 0.717) is 0 Å². The zero-order valence-corrected chi connectivity index (χ0v) is 12.2. The summed E-state index contributed by atoms with van der Waals surface area (Å²) in [6.45, 7) is 6.46. The summed E-state index contributed by atoms with van der Waals surface area (Å²) in [7, 11) is 0.